The van der Waals surface area contributed by atoms with Crippen LogP contribution in [0.25, 0.3) is 5.57 Å². The summed E-state index contributed by atoms with van der Waals surface area (Å²) in [5.41, 5.74) is 9.46. The molecule has 1 saturated heterocycles. The highest BCUT2D eigenvalue weighted by Crippen LogP contribution is 2.38. The Morgan fingerprint density at radius 3 is 2.73 bits per heavy atom. The fourth-order valence-electron chi connectivity index (χ4n) is 3.63. The largest absolute Gasteiger partial charge is 0.491 e. The van der Waals surface area contributed by atoms with Gasteiger partial charge in [-0.15, -0.1) is 0 Å². The van der Waals surface area contributed by atoms with Crippen molar-refractivity contribution in [1.82, 2.24) is 4.90 Å². The lowest BCUT2D eigenvalue weighted by Gasteiger charge is -2.21. The van der Waals surface area contributed by atoms with Crippen LogP contribution in [-0.4, -0.2) is 42.3 Å². The minimum absolute atomic E-state index is 0.212. The van der Waals surface area contributed by atoms with Gasteiger partial charge in [0.2, 0.25) is 0 Å². The summed E-state index contributed by atoms with van der Waals surface area (Å²) >= 11 is 0. The van der Waals surface area contributed by atoms with E-state index in [2.05, 4.69) is 17.6 Å². The third-order valence-corrected chi connectivity index (χ3v) is 5.15. The molecule has 140 valence electrons. The average molecular weight is 354 g/mol. The van der Waals surface area contributed by atoms with Crippen LogP contribution in [0.2, 0.25) is 0 Å². The Balaban J connectivity index is 2.08. The molecular formula is C22H30N2O2. The Morgan fingerprint density at radius 2 is 2.08 bits per heavy atom. The van der Waals surface area contributed by atoms with Gasteiger partial charge in [0, 0.05) is 12.1 Å². The summed E-state index contributed by atoms with van der Waals surface area (Å²) in [6.07, 6.45) is 8.54. The predicted octanol–water partition coefficient (Wildman–Crippen LogP) is 3.23. The molecular weight excluding hydrogens is 324 g/mol. The molecule has 0 radical (unpaired) electrons. The molecule has 3 N–H and O–H groups in total. The van der Waals surface area contributed by atoms with Gasteiger partial charge in [0.1, 0.15) is 12.4 Å². The fourth-order valence-corrected chi connectivity index (χ4v) is 3.63. The van der Waals surface area contributed by atoms with Crippen LogP contribution in [0.5, 0.6) is 5.75 Å². The number of fused-ring (bicyclic) bond motifs is 1. The Morgan fingerprint density at radius 1 is 1.35 bits per heavy atom. The maximum absolute atomic E-state index is 10.4. The number of nitrogens with two attached hydrogens (primary N) is 1. The van der Waals surface area contributed by atoms with Gasteiger partial charge in [-0.1, -0.05) is 30.9 Å². The number of hydrogen-bond acceptors (Lipinski definition) is 4. The minimum atomic E-state index is -0.911. The van der Waals surface area contributed by atoms with Gasteiger partial charge in [-0.05, 0) is 68.6 Å². The molecule has 1 aromatic rings. The molecule has 26 heavy (non-hydrogen) atoms. The Kier molecular flexibility index (Phi) is 5.66. The second-order valence-electron chi connectivity index (χ2n) is 7.67. The molecule has 0 saturated carbocycles. The van der Waals surface area contributed by atoms with Crippen molar-refractivity contribution in [3.63, 3.8) is 0 Å². The summed E-state index contributed by atoms with van der Waals surface area (Å²) in [6, 6.07) is 5.68. The number of nitrogens with zero attached hydrogens (tertiary/aromatic N) is 1. The summed E-state index contributed by atoms with van der Waals surface area (Å²) in [5.74, 6) is 0.814. The second kappa shape index (κ2) is 7.78. The van der Waals surface area contributed by atoms with E-state index < -0.39 is 5.60 Å². The number of hydrogen-bond donors (Lipinski definition) is 2. The summed E-state index contributed by atoms with van der Waals surface area (Å²) < 4.78 is 5.97. The van der Waals surface area contributed by atoms with E-state index in [-0.39, 0.29) is 6.04 Å². The van der Waals surface area contributed by atoms with E-state index in [1.807, 2.05) is 24.3 Å². The highest BCUT2D eigenvalue weighted by Gasteiger charge is 2.26. The Bertz CT molecular complexity index is 722. The molecule has 1 unspecified atom stereocenters. The number of aliphatic hydroxyl groups is 1. The monoisotopic (exact) mass is 354 g/mol. The van der Waals surface area contributed by atoms with Crippen molar-refractivity contribution < 1.29 is 9.84 Å². The summed E-state index contributed by atoms with van der Waals surface area (Å²) in [6.45, 7) is 11.1. The number of likely N-dealkylation sites (tertiary alicyclic amines) is 1. The van der Waals surface area contributed by atoms with E-state index in [1.54, 1.807) is 19.9 Å². The van der Waals surface area contributed by atoms with E-state index >= 15 is 0 Å². The van der Waals surface area contributed by atoms with Gasteiger partial charge in [-0.2, -0.15) is 0 Å². The third kappa shape index (κ3) is 4.09. The molecule has 3 rings (SSSR count). The molecule has 2 aliphatic rings. The molecule has 0 aliphatic carbocycles. The lowest BCUT2D eigenvalue weighted by atomic mass is 9.89. The van der Waals surface area contributed by atoms with Crippen molar-refractivity contribution in [2.24, 2.45) is 5.73 Å². The second-order valence-corrected chi connectivity index (χ2v) is 7.67. The zero-order valence-electron chi connectivity index (χ0n) is 15.9. The number of rotatable bonds is 4. The van der Waals surface area contributed by atoms with Crippen molar-refractivity contribution in [2.75, 3.05) is 26.2 Å². The van der Waals surface area contributed by atoms with E-state index in [0.717, 1.165) is 47.7 Å². The molecule has 2 heterocycles. The number of benzene rings is 1. The lowest BCUT2D eigenvalue weighted by molar-refractivity contribution is 0.0785. The molecule has 4 nitrogen and oxygen atoms in total. The van der Waals surface area contributed by atoms with E-state index in [9.17, 15) is 5.11 Å². The molecule has 4 heteroatoms. The summed E-state index contributed by atoms with van der Waals surface area (Å²) in [4.78, 5) is 2.45. The molecule has 1 atom stereocenters. The molecule has 0 spiro atoms. The van der Waals surface area contributed by atoms with Gasteiger partial charge in [-0.3, -0.25) is 4.90 Å². The van der Waals surface area contributed by atoms with Crippen LogP contribution in [0.15, 0.2) is 48.6 Å². The lowest BCUT2D eigenvalue weighted by Crippen LogP contribution is -2.29. The smallest absolute Gasteiger partial charge is 0.127 e. The highest BCUT2D eigenvalue weighted by molar-refractivity contribution is 5.84. The van der Waals surface area contributed by atoms with Gasteiger partial charge in [0.05, 0.1) is 11.6 Å². The zero-order chi connectivity index (χ0) is 18.7. The van der Waals surface area contributed by atoms with Crippen LogP contribution in [0.3, 0.4) is 0 Å². The SMILES string of the molecule is C=CC=C1/C(=C\CN2CCCC2)c2cc(C(C)(C)O)ccc2OCC1N. The summed E-state index contributed by atoms with van der Waals surface area (Å²) in [7, 11) is 0. The van der Waals surface area contributed by atoms with E-state index in [1.165, 1.54) is 12.8 Å². The first-order valence-electron chi connectivity index (χ1n) is 9.41. The van der Waals surface area contributed by atoms with Crippen molar-refractivity contribution in [3.05, 3.63) is 59.7 Å². The van der Waals surface area contributed by atoms with Crippen LogP contribution in [0.4, 0.5) is 0 Å². The van der Waals surface area contributed by atoms with Crippen LogP contribution in [0, 0.1) is 0 Å². The van der Waals surface area contributed by atoms with Crippen LogP contribution < -0.4 is 10.5 Å². The minimum Gasteiger partial charge on any atom is -0.491 e. The Labute approximate surface area is 156 Å². The predicted molar refractivity (Wildman–Crippen MR) is 107 cm³/mol. The molecule has 2 aliphatic heterocycles. The average Bonchev–Trinajstić information content (AvgIpc) is 3.07. The number of ether oxygens (including phenoxy) is 1. The Hall–Kier alpha value is -1.88. The van der Waals surface area contributed by atoms with Gasteiger partial charge in [0.25, 0.3) is 0 Å². The zero-order valence-corrected chi connectivity index (χ0v) is 15.9. The van der Waals surface area contributed by atoms with Crippen LogP contribution >= 0.6 is 0 Å². The maximum atomic E-state index is 10.4. The quantitative estimate of drug-likeness (QED) is 0.872. The molecule has 0 bridgehead atoms. The normalized spacial score (nSPS) is 24.4. The van der Waals surface area contributed by atoms with Crippen LogP contribution in [-0.2, 0) is 5.60 Å². The fraction of sp³-hybridized carbons (Fsp3) is 0.455. The topological polar surface area (TPSA) is 58.7 Å². The first-order chi connectivity index (χ1) is 12.4. The molecule has 0 aromatic heterocycles. The van der Waals surface area contributed by atoms with Crippen LogP contribution in [0.1, 0.15) is 37.8 Å². The van der Waals surface area contributed by atoms with E-state index in [0.29, 0.717) is 6.61 Å². The molecule has 1 fully saturated rings. The van der Waals surface area contributed by atoms with Gasteiger partial charge in [-0.25, -0.2) is 0 Å². The van der Waals surface area contributed by atoms with Gasteiger partial charge in [0.15, 0.2) is 0 Å². The van der Waals surface area contributed by atoms with Gasteiger partial charge >= 0.3 is 0 Å². The van der Waals surface area contributed by atoms with Crippen molar-refractivity contribution in [3.8, 4) is 5.75 Å². The standard InChI is InChI=1S/C22H30N2O2/c1-4-7-18-17(10-13-24-11-5-6-12-24)19-14-16(22(2,3)25)8-9-21(19)26-15-20(18)23/h4,7-10,14,20,25H,1,5-6,11-13,15,23H2,2-3H3/b17-10+,18-7?. The number of allylic oxidation sites excluding steroid dienone is 2. The maximum Gasteiger partial charge on any atom is 0.127 e. The van der Waals surface area contributed by atoms with Crippen molar-refractivity contribution in [1.29, 1.82) is 0 Å². The summed E-state index contributed by atoms with van der Waals surface area (Å²) in [5, 5.41) is 10.4. The first kappa shape index (κ1) is 18.9. The third-order valence-electron chi connectivity index (χ3n) is 5.15. The van der Waals surface area contributed by atoms with E-state index in [4.69, 9.17) is 10.5 Å². The first-order valence-corrected chi connectivity index (χ1v) is 9.41. The molecule has 1 aromatic carbocycles. The van der Waals surface area contributed by atoms with Gasteiger partial charge < -0.3 is 15.6 Å². The highest BCUT2D eigenvalue weighted by atomic mass is 16.5. The molecule has 0 amide bonds. The van der Waals surface area contributed by atoms with Crippen molar-refractivity contribution >= 4 is 5.57 Å². The van der Waals surface area contributed by atoms with Crippen molar-refractivity contribution in [2.45, 2.75) is 38.3 Å².